The van der Waals surface area contributed by atoms with Crippen LogP contribution in [0.5, 0.6) is 0 Å². The molecule has 0 amide bonds. The van der Waals surface area contributed by atoms with Crippen LogP contribution in [-0.2, 0) is 6.42 Å². The number of aromatic nitrogens is 2. The van der Waals surface area contributed by atoms with E-state index in [1.54, 1.807) is 0 Å². The lowest BCUT2D eigenvalue weighted by Crippen LogP contribution is -2.33. The van der Waals surface area contributed by atoms with E-state index >= 15 is 0 Å². The van der Waals surface area contributed by atoms with Gasteiger partial charge in [0.2, 0.25) is 6.39 Å². The van der Waals surface area contributed by atoms with E-state index in [0.29, 0.717) is 6.04 Å². The Morgan fingerprint density at radius 1 is 1.53 bits per heavy atom. The second kappa shape index (κ2) is 5.26. The molecule has 1 aromatic heterocycles. The van der Waals surface area contributed by atoms with Gasteiger partial charge in [-0.05, 0) is 18.8 Å². The molecule has 1 heterocycles. The molecule has 1 aromatic rings. The largest absolute Gasteiger partial charge is 0.343 e. The van der Waals surface area contributed by atoms with E-state index in [1.165, 1.54) is 32.1 Å². The quantitative estimate of drug-likeness (QED) is 0.803. The Hall–Kier alpha value is -0.900. The van der Waals surface area contributed by atoms with Gasteiger partial charge in [0.1, 0.15) is 0 Å². The van der Waals surface area contributed by atoms with Crippen LogP contribution in [0.3, 0.4) is 0 Å². The van der Waals surface area contributed by atoms with Gasteiger partial charge in [0, 0.05) is 19.0 Å². The SMILES string of the molecule is CCC1CCCC1NCCc1ncon1. The van der Waals surface area contributed by atoms with Crippen LogP contribution < -0.4 is 5.32 Å². The molecule has 0 aliphatic heterocycles. The van der Waals surface area contributed by atoms with Crippen LogP contribution in [0, 0.1) is 5.92 Å². The standard InChI is InChI=1S/C11H19N3O/c1-2-9-4-3-5-10(9)12-7-6-11-13-8-15-14-11/h8-10,12H,2-7H2,1H3. The van der Waals surface area contributed by atoms with Gasteiger partial charge in [0.15, 0.2) is 5.82 Å². The van der Waals surface area contributed by atoms with Crippen LogP contribution in [-0.4, -0.2) is 22.7 Å². The van der Waals surface area contributed by atoms with Crippen molar-refractivity contribution in [3.05, 3.63) is 12.2 Å². The van der Waals surface area contributed by atoms with Crippen molar-refractivity contribution in [3.63, 3.8) is 0 Å². The zero-order chi connectivity index (χ0) is 10.5. The van der Waals surface area contributed by atoms with Gasteiger partial charge < -0.3 is 9.84 Å². The number of nitrogens with zero attached hydrogens (tertiary/aromatic N) is 2. The molecule has 0 bridgehead atoms. The summed E-state index contributed by atoms with van der Waals surface area (Å²) in [6.45, 7) is 3.24. The molecule has 0 radical (unpaired) electrons. The van der Waals surface area contributed by atoms with Crippen LogP contribution in [0.1, 0.15) is 38.4 Å². The monoisotopic (exact) mass is 209 g/mol. The summed E-state index contributed by atoms with van der Waals surface area (Å²) < 4.78 is 4.69. The molecule has 15 heavy (non-hydrogen) atoms. The third kappa shape index (κ3) is 2.78. The number of rotatable bonds is 5. The lowest BCUT2D eigenvalue weighted by atomic mass is 10.0. The van der Waals surface area contributed by atoms with Crippen molar-refractivity contribution in [1.82, 2.24) is 15.5 Å². The average Bonchev–Trinajstić information content (AvgIpc) is 2.88. The molecule has 84 valence electrons. The predicted octanol–water partition coefficient (Wildman–Crippen LogP) is 1.78. The molecule has 0 aromatic carbocycles. The van der Waals surface area contributed by atoms with Crippen LogP contribution in [0.15, 0.2) is 10.9 Å². The molecule has 1 N–H and O–H groups in total. The van der Waals surface area contributed by atoms with Crippen molar-refractivity contribution in [2.24, 2.45) is 5.92 Å². The molecule has 2 atom stereocenters. The molecule has 2 unspecified atom stereocenters. The molecule has 0 spiro atoms. The fraction of sp³-hybridized carbons (Fsp3) is 0.818. The van der Waals surface area contributed by atoms with Gasteiger partial charge in [-0.25, -0.2) is 0 Å². The molecule has 1 fully saturated rings. The molecule has 2 rings (SSSR count). The highest BCUT2D eigenvalue weighted by molar-refractivity contribution is 4.84. The van der Waals surface area contributed by atoms with Crippen molar-refractivity contribution in [2.45, 2.75) is 45.1 Å². The summed E-state index contributed by atoms with van der Waals surface area (Å²) in [6.07, 6.45) is 7.63. The minimum absolute atomic E-state index is 0.710. The van der Waals surface area contributed by atoms with E-state index < -0.39 is 0 Å². The lowest BCUT2D eigenvalue weighted by Gasteiger charge is -2.18. The van der Waals surface area contributed by atoms with E-state index in [4.69, 9.17) is 4.52 Å². The first kappa shape index (κ1) is 10.6. The van der Waals surface area contributed by atoms with Gasteiger partial charge >= 0.3 is 0 Å². The van der Waals surface area contributed by atoms with E-state index in [9.17, 15) is 0 Å². The molecule has 0 saturated heterocycles. The Morgan fingerprint density at radius 3 is 3.20 bits per heavy atom. The maximum Gasteiger partial charge on any atom is 0.213 e. The van der Waals surface area contributed by atoms with Crippen LogP contribution >= 0.6 is 0 Å². The van der Waals surface area contributed by atoms with Crippen LogP contribution in [0.25, 0.3) is 0 Å². The highest BCUT2D eigenvalue weighted by atomic mass is 16.5. The normalized spacial score (nSPS) is 25.9. The molecule has 4 heteroatoms. The summed E-state index contributed by atoms with van der Waals surface area (Å²) in [5.41, 5.74) is 0. The summed E-state index contributed by atoms with van der Waals surface area (Å²) in [4.78, 5) is 4.00. The molecule has 1 aliphatic carbocycles. The lowest BCUT2D eigenvalue weighted by molar-refractivity contribution is 0.386. The van der Waals surface area contributed by atoms with Crippen molar-refractivity contribution >= 4 is 0 Å². The predicted molar refractivity (Wildman–Crippen MR) is 57.4 cm³/mol. The fourth-order valence-corrected chi connectivity index (χ4v) is 2.47. The maximum absolute atomic E-state index is 4.69. The highest BCUT2D eigenvalue weighted by Crippen LogP contribution is 2.27. The van der Waals surface area contributed by atoms with Gasteiger partial charge in [-0.15, -0.1) is 0 Å². The summed E-state index contributed by atoms with van der Waals surface area (Å²) in [5.74, 6) is 1.67. The number of nitrogens with one attached hydrogen (secondary N) is 1. The van der Waals surface area contributed by atoms with Crippen molar-refractivity contribution in [2.75, 3.05) is 6.54 Å². The van der Waals surface area contributed by atoms with Gasteiger partial charge in [-0.2, -0.15) is 4.98 Å². The van der Waals surface area contributed by atoms with E-state index in [1.807, 2.05) is 0 Å². The third-order valence-corrected chi connectivity index (χ3v) is 3.35. The molecular formula is C11H19N3O. The zero-order valence-electron chi connectivity index (χ0n) is 9.28. The van der Waals surface area contributed by atoms with Crippen molar-refractivity contribution < 1.29 is 4.52 Å². The summed E-state index contributed by atoms with van der Waals surface area (Å²) >= 11 is 0. The van der Waals surface area contributed by atoms with Gasteiger partial charge in [-0.1, -0.05) is 24.9 Å². The van der Waals surface area contributed by atoms with Crippen molar-refractivity contribution in [3.8, 4) is 0 Å². The van der Waals surface area contributed by atoms with E-state index in [2.05, 4.69) is 22.4 Å². The average molecular weight is 209 g/mol. The van der Waals surface area contributed by atoms with E-state index in [-0.39, 0.29) is 0 Å². The van der Waals surface area contributed by atoms with E-state index in [0.717, 1.165) is 24.7 Å². The fourth-order valence-electron chi connectivity index (χ4n) is 2.47. The van der Waals surface area contributed by atoms with Crippen LogP contribution in [0.2, 0.25) is 0 Å². The van der Waals surface area contributed by atoms with Crippen molar-refractivity contribution in [1.29, 1.82) is 0 Å². The third-order valence-electron chi connectivity index (χ3n) is 3.35. The second-order valence-electron chi connectivity index (χ2n) is 4.26. The second-order valence-corrected chi connectivity index (χ2v) is 4.26. The minimum atomic E-state index is 0.710. The smallest absolute Gasteiger partial charge is 0.213 e. The van der Waals surface area contributed by atoms with Crippen LogP contribution in [0.4, 0.5) is 0 Å². The molecule has 4 nitrogen and oxygen atoms in total. The number of hydrogen-bond acceptors (Lipinski definition) is 4. The first-order valence-corrected chi connectivity index (χ1v) is 5.88. The minimum Gasteiger partial charge on any atom is -0.343 e. The molecular weight excluding hydrogens is 190 g/mol. The highest BCUT2D eigenvalue weighted by Gasteiger charge is 2.24. The Labute approximate surface area is 90.4 Å². The first-order valence-electron chi connectivity index (χ1n) is 5.88. The zero-order valence-corrected chi connectivity index (χ0v) is 9.28. The topological polar surface area (TPSA) is 51.0 Å². The number of hydrogen-bond donors (Lipinski definition) is 1. The summed E-state index contributed by atoms with van der Waals surface area (Å²) in [7, 11) is 0. The maximum atomic E-state index is 4.69. The van der Waals surface area contributed by atoms with Gasteiger partial charge in [0.05, 0.1) is 0 Å². The Kier molecular flexibility index (Phi) is 3.72. The molecule has 1 aliphatic rings. The Balaban J connectivity index is 1.69. The van der Waals surface area contributed by atoms with Gasteiger partial charge in [0.25, 0.3) is 0 Å². The Bertz CT molecular complexity index is 273. The Morgan fingerprint density at radius 2 is 2.47 bits per heavy atom. The summed E-state index contributed by atoms with van der Waals surface area (Å²) in [5, 5.41) is 7.39. The first-order chi connectivity index (χ1) is 7.40. The summed E-state index contributed by atoms with van der Waals surface area (Å²) in [6, 6.07) is 0.710. The van der Waals surface area contributed by atoms with Gasteiger partial charge in [-0.3, -0.25) is 0 Å². The molecule has 1 saturated carbocycles.